The highest BCUT2D eigenvalue weighted by molar-refractivity contribution is 5.92. The largest absolute Gasteiger partial charge is 0.350 e. The predicted octanol–water partition coefficient (Wildman–Crippen LogP) is 2.64. The van der Waals surface area contributed by atoms with E-state index in [9.17, 15) is 19.2 Å². The smallest absolute Gasteiger partial charge is 0.249 e. The van der Waals surface area contributed by atoms with Crippen LogP contribution in [0.15, 0.2) is 89.7 Å². The third kappa shape index (κ3) is 12.0. The number of amides is 3. The SMILES string of the molecule is Cc1ccc2ccc(NC(=O)CCN)nc2n1.NCCC(=O)NCc1ccc2ccc(=O)[nH]c2n1.NCCC(=O)Nc1ccc2ccccc2n1. The summed E-state index contributed by atoms with van der Waals surface area (Å²) in [4.78, 5) is 64.9. The Bertz CT molecular complexity index is 2170. The molecule has 0 bridgehead atoms. The maximum Gasteiger partial charge on any atom is 0.249 e. The van der Waals surface area contributed by atoms with E-state index in [0.717, 1.165) is 27.4 Å². The zero-order valence-electron chi connectivity index (χ0n) is 28.2. The summed E-state index contributed by atoms with van der Waals surface area (Å²) in [5.41, 5.74) is 19.3. The van der Waals surface area contributed by atoms with Gasteiger partial charge >= 0.3 is 0 Å². The molecule has 0 aliphatic rings. The average Bonchev–Trinajstić information content (AvgIpc) is 3.11. The summed E-state index contributed by atoms with van der Waals surface area (Å²) in [7, 11) is 0. The van der Waals surface area contributed by atoms with E-state index in [1.807, 2.05) is 67.6 Å². The van der Waals surface area contributed by atoms with Gasteiger partial charge < -0.3 is 38.1 Å². The zero-order valence-corrected chi connectivity index (χ0v) is 28.2. The molecule has 6 rings (SSSR count). The third-order valence-corrected chi connectivity index (χ3v) is 7.05. The molecule has 0 saturated heterocycles. The summed E-state index contributed by atoms with van der Waals surface area (Å²) in [5, 5.41) is 11.0. The number of nitrogens with one attached hydrogen (secondary N) is 4. The summed E-state index contributed by atoms with van der Waals surface area (Å²) < 4.78 is 0. The van der Waals surface area contributed by atoms with Crippen molar-refractivity contribution in [1.29, 1.82) is 0 Å². The van der Waals surface area contributed by atoms with Gasteiger partial charge in [-0.3, -0.25) is 19.2 Å². The number of fused-ring (bicyclic) bond motifs is 3. The fourth-order valence-electron chi connectivity index (χ4n) is 4.55. The van der Waals surface area contributed by atoms with E-state index in [4.69, 9.17) is 17.2 Å². The van der Waals surface area contributed by atoms with Crippen molar-refractivity contribution in [3.05, 3.63) is 107 Å². The maximum atomic E-state index is 11.4. The number of aryl methyl sites for hydroxylation is 1. The molecule has 1 aromatic carbocycles. The summed E-state index contributed by atoms with van der Waals surface area (Å²) in [6.45, 7) is 3.23. The first-order valence-corrected chi connectivity index (χ1v) is 16.2. The Morgan fingerprint density at radius 2 is 1.22 bits per heavy atom. The number of hydrogen-bond donors (Lipinski definition) is 7. The van der Waals surface area contributed by atoms with Crippen LogP contribution in [-0.4, -0.2) is 62.3 Å². The Balaban J connectivity index is 0.000000172. The van der Waals surface area contributed by atoms with E-state index in [1.165, 1.54) is 6.07 Å². The highest BCUT2D eigenvalue weighted by atomic mass is 16.2. The van der Waals surface area contributed by atoms with Crippen LogP contribution in [0.25, 0.3) is 33.0 Å². The number of nitrogens with zero attached hydrogens (tertiary/aromatic N) is 4. The van der Waals surface area contributed by atoms with Gasteiger partial charge in [-0.1, -0.05) is 18.2 Å². The molecule has 15 nitrogen and oxygen atoms in total. The average molecular weight is 692 g/mol. The number of H-pyrrole nitrogens is 1. The second kappa shape index (κ2) is 19.1. The van der Waals surface area contributed by atoms with E-state index >= 15 is 0 Å². The number of hydrogen-bond acceptors (Lipinski definition) is 11. The molecule has 0 radical (unpaired) electrons. The number of benzene rings is 1. The van der Waals surface area contributed by atoms with Crippen LogP contribution in [-0.2, 0) is 20.9 Å². The lowest BCUT2D eigenvalue weighted by Crippen LogP contribution is -2.25. The van der Waals surface area contributed by atoms with Gasteiger partial charge in [-0.05, 0) is 67.6 Å². The fraction of sp³-hybridized carbons (Fsp3) is 0.222. The lowest BCUT2D eigenvalue weighted by molar-refractivity contribution is -0.121. The third-order valence-electron chi connectivity index (χ3n) is 7.05. The molecule has 0 unspecified atom stereocenters. The Hall–Kier alpha value is -6.16. The van der Waals surface area contributed by atoms with Crippen molar-refractivity contribution >= 4 is 62.3 Å². The fourth-order valence-corrected chi connectivity index (χ4v) is 4.55. The standard InChI is InChI=1S/C12H14N4O2.C12H14N4O.C12H13N3O/c13-6-5-10(17)14-7-9-3-1-8-2-4-11(18)16-12(8)15-9;1-8-2-3-9-4-5-10(16-12(9)14-8)15-11(17)6-7-13;13-8-7-12(16)15-11-6-5-9-3-1-2-4-10(9)14-11/h1-4H,5-7,13H2,(H,14,17)(H,15,16,18);2-5H,6-7,13H2,1H3,(H,14,15,16,17);1-6H,7-8,13H2,(H,14,15,16). The number of aromatic nitrogens is 5. The second-order valence-electron chi connectivity index (χ2n) is 11.1. The molecule has 5 heterocycles. The van der Waals surface area contributed by atoms with Crippen LogP contribution >= 0.6 is 0 Å². The number of para-hydroxylation sites is 1. The summed E-state index contributed by atoms with van der Waals surface area (Å²) in [6, 6.07) is 25.8. The molecule has 0 saturated carbocycles. The second-order valence-corrected chi connectivity index (χ2v) is 11.1. The van der Waals surface area contributed by atoms with E-state index in [0.29, 0.717) is 74.1 Å². The van der Waals surface area contributed by atoms with Gasteiger partial charge in [0, 0.05) is 66.8 Å². The molecular weight excluding hydrogens is 650 g/mol. The minimum absolute atomic E-state index is 0.106. The molecular formula is C36H41N11O4. The van der Waals surface area contributed by atoms with Crippen molar-refractivity contribution in [2.24, 2.45) is 17.2 Å². The Kier molecular flexibility index (Phi) is 14.1. The van der Waals surface area contributed by atoms with Gasteiger partial charge in [0.1, 0.15) is 17.3 Å². The molecule has 0 spiro atoms. The summed E-state index contributed by atoms with van der Waals surface area (Å²) >= 11 is 0. The van der Waals surface area contributed by atoms with Crippen molar-refractivity contribution in [1.82, 2.24) is 30.2 Å². The highest BCUT2D eigenvalue weighted by Gasteiger charge is 2.05. The van der Waals surface area contributed by atoms with Crippen molar-refractivity contribution < 1.29 is 14.4 Å². The number of carbonyl (C=O) groups excluding carboxylic acids is 3. The lowest BCUT2D eigenvalue weighted by Gasteiger charge is -2.04. The summed E-state index contributed by atoms with van der Waals surface area (Å²) in [6.07, 6.45) is 0.903. The van der Waals surface area contributed by atoms with Crippen LogP contribution in [0.3, 0.4) is 0 Å². The molecule has 0 aliphatic heterocycles. The molecule has 0 atom stereocenters. The lowest BCUT2D eigenvalue weighted by atomic mass is 10.2. The predicted molar refractivity (Wildman–Crippen MR) is 199 cm³/mol. The zero-order chi connectivity index (χ0) is 36.6. The van der Waals surface area contributed by atoms with Gasteiger partial charge in [0.05, 0.1) is 17.8 Å². The Morgan fingerprint density at radius 3 is 1.92 bits per heavy atom. The monoisotopic (exact) mass is 691 g/mol. The highest BCUT2D eigenvalue weighted by Crippen LogP contribution is 2.15. The molecule has 264 valence electrons. The minimum Gasteiger partial charge on any atom is -0.350 e. The van der Waals surface area contributed by atoms with Crippen LogP contribution in [0.5, 0.6) is 0 Å². The molecule has 6 aromatic rings. The molecule has 5 aromatic heterocycles. The van der Waals surface area contributed by atoms with Crippen LogP contribution in [0.2, 0.25) is 0 Å². The van der Waals surface area contributed by atoms with E-state index in [-0.39, 0.29) is 23.3 Å². The van der Waals surface area contributed by atoms with Gasteiger partial charge in [0.25, 0.3) is 0 Å². The first kappa shape index (κ1) is 37.7. The minimum atomic E-state index is -0.195. The number of rotatable bonds is 10. The van der Waals surface area contributed by atoms with Gasteiger partial charge in [0.2, 0.25) is 23.3 Å². The van der Waals surface area contributed by atoms with Gasteiger partial charge in [0.15, 0.2) is 5.65 Å². The number of nitrogens with two attached hydrogens (primary N) is 3. The Morgan fingerprint density at radius 1 is 0.627 bits per heavy atom. The number of carbonyl (C=O) groups is 3. The Labute approximate surface area is 293 Å². The van der Waals surface area contributed by atoms with E-state index in [1.54, 1.807) is 18.2 Å². The molecule has 15 heteroatoms. The van der Waals surface area contributed by atoms with Gasteiger partial charge in [-0.15, -0.1) is 0 Å². The van der Waals surface area contributed by atoms with Crippen LogP contribution in [0, 0.1) is 6.92 Å². The van der Waals surface area contributed by atoms with Crippen molar-refractivity contribution in [2.45, 2.75) is 32.7 Å². The van der Waals surface area contributed by atoms with Crippen molar-refractivity contribution in [3.63, 3.8) is 0 Å². The maximum absolute atomic E-state index is 11.4. The molecule has 10 N–H and O–H groups in total. The molecule has 0 fully saturated rings. The van der Waals surface area contributed by atoms with Crippen LogP contribution < -0.4 is 38.7 Å². The first-order valence-electron chi connectivity index (χ1n) is 16.2. The van der Waals surface area contributed by atoms with Gasteiger partial charge in [-0.25, -0.2) is 19.9 Å². The molecule has 51 heavy (non-hydrogen) atoms. The normalized spacial score (nSPS) is 10.4. The topological polar surface area (TPSA) is 250 Å². The van der Waals surface area contributed by atoms with Crippen LogP contribution in [0.4, 0.5) is 11.6 Å². The van der Waals surface area contributed by atoms with Crippen molar-refractivity contribution in [2.75, 3.05) is 30.3 Å². The number of pyridine rings is 5. The van der Waals surface area contributed by atoms with E-state index in [2.05, 4.69) is 40.9 Å². The van der Waals surface area contributed by atoms with Crippen molar-refractivity contribution in [3.8, 4) is 0 Å². The molecule has 0 aliphatic carbocycles. The first-order chi connectivity index (χ1) is 24.7. The van der Waals surface area contributed by atoms with E-state index < -0.39 is 0 Å². The quantitative estimate of drug-likeness (QED) is 0.110. The number of anilines is 2. The van der Waals surface area contributed by atoms with Gasteiger partial charge in [-0.2, -0.15) is 0 Å². The number of aromatic amines is 1. The molecule has 3 amide bonds. The van der Waals surface area contributed by atoms with Crippen LogP contribution in [0.1, 0.15) is 30.7 Å². The summed E-state index contributed by atoms with van der Waals surface area (Å²) in [5.74, 6) is 0.726.